The molecule has 0 bridgehead atoms. The van der Waals surface area contributed by atoms with E-state index < -0.39 is 6.04 Å². The quantitative estimate of drug-likeness (QED) is 0.470. The molecule has 3 heterocycles. The Morgan fingerprint density at radius 2 is 1.84 bits per heavy atom. The first-order valence-corrected chi connectivity index (χ1v) is 10.6. The smallest absolute Gasteiger partial charge is 0.359 e. The lowest BCUT2D eigenvalue weighted by Crippen LogP contribution is -2.44. The van der Waals surface area contributed by atoms with E-state index >= 15 is 0 Å². The zero-order valence-corrected chi connectivity index (χ0v) is 17.9. The molecule has 0 saturated carbocycles. The molecule has 1 unspecified atom stereocenters. The van der Waals surface area contributed by atoms with E-state index in [2.05, 4.69) is 5.32 Å². The maximum Gasteiger partial charge on any atom is 0.359 e. The molecule has 1 aliphatic heterocycles. The maximum absolute atomic E-state index is 14.5. The first kappa shape index (κ1) is 20.1. The molecule has 0 aliphatic carbocycles. The van der Waals surface area contributed by atoms with Crippen LogP contribution in [0.1, 0.15) is 33.1 Å². The third-order valence-electron chi connectivity index (χ3n) is 5.85. The van der Waals surface area contributed by atoms with Crippen molar-refractivity contribution in [2.75, 3.05) is 5.32 Å². The van der Waals surface area contributed by atoms with Crippen LogP contribution in [0.25, 0.3) is 11.3 Å². The van der Waals surface area contributed by atoms with Crippen molar-refractivity contribution in [1.29, 1.82) is 0 Å². The highest BCUT2D eigenvalue weighted by molar-refractivity contribution is 5.82. The molecule has 32 heavy (non-hydrogen) atoms. The van der Waals surface area contributed by atoms with E-state index in [1.54, 1.807) is 29.0 Å². The minimum Gasteiger partial charge on any atom is -0.466 e. The third-order valence-corrected chi connectivity index (χ3v) is 5.85. The van der Waals surface area contributed by atoms with Crippen molar-refractivity contribution in [3.05, 3.63) is 101 Å². The highest BCUT2D eigenvalue weighted by Gasteiger charge is 2.41. The summed E-state index contributed by atoms with van der Waals surface area (Å²) in [6.07, 6.45) is 2.57. The molecule has 6 heteroatoms. The normalized spacial score (nSPS) is 15.0. The lowest BCUT2D eigenvalue weighted by Gasteiger charge is -2.07. The van der Waals surface area contributed by atoms with E-state index in [0.29, 0.717) is 35.6 Å². The Labute approximate surface area is 185 Å². The zero-order valence-electron chi connectivity index (χ0n) is 17.9. The summed E-state index contributed by atoms with van der Waals surface area (Å²) in [4.78, 5) is 18.1. The van der Waals surface area contributed by atoms with Crippen LogP contribution >= 0.6 is 0 Å². The molecule has 4 aromatic rings. The van der Waals surface area contributed by atoms with Crippen molar-refractivity contribution in [3.63, 3.8) is 0 Å². The van der Waals surface area contributed by atoms with Gasteiger partial charge in [-0.2, -0.15) is 4.57 Å². The van der Waals surface area contributed by atoms with E-state index in [1.807, 2.05) is 50.2 Å². The molecule has 0 saturated heterocycles. The monoisotopic (exact) mass is 428 g/mol. The summed E-state index contributed by atoms with van der Waals surface area (Å²) >= 11 is 0. The van der Waals surface area contributed by atoms with Crippen molar-refractivity contribution in [2.24, 2.45) is 0 Å². The molecule has 1 N–H and O–H groups in total. The number of aromatic nitrogens is 2. The number of nitrogens with one attached hydrogen (secondary N) is 1. The Hall–Kier alpha value is -3.80. The summed E-state index contributed by atoms with van der Waals surface area (Å²) in [6.45, 7) is 3.90. The standard InChI is InChI=1S/C26H22FN3O2/c1-16-12-19(32-17(16)2)14-23-26(31)30-15-24(20-10-6-7-11-21(20)27)28-22(25(30)29-23)13-18-8-4-3-5-9-18/h3-12,15,23H,13-14H2,1-2H3/p+1. The van der Waals surface area contributed by atoms with Crippen LogP contribution in [0.5, 0.6) is 0 Å². The molecule has 0 radical (unpaired) electrons. The van der Waals surface area contributed by atoms with Gasteiger partial charge in [0.25, 0.3) is 0 Å². The van der Waals surface area contributed by atoms with Gasteiger partial charge in [0.05, 0.1) is 6.42 Å². The Morgan fingerprint density at radius 1 is 1.09 bits per heavy atom. The largest absolute Gasteiger partial charge is 0.466 e. The van der Waals surface area contributed by atoms with E-state index in [-0.39, 0.29) is 11.7 Å². The van der Waals surface area contributed by atoms with Gasteiger partial charge in [-0.25, -0.2) is 14.2 Å². The molecule has 0 fully saturated rings. The number of hydrogen-bond acceptors (Lipinski definition) is 4. The summed E-state index contributed by atoms with van der Waals surface area (Å²) in [7, 11) is 0. The van der Waals surface area contributed by atoms with Crippen molar-refractivity contribution in [2.45, 2.75) is 32.7 Å². The molecular weight excluding hydrogens is 405 g/mol. The number of carbonyl (C=O) groups is 1. The molecule has 5 nitrogen and oxygen atoms in total. The Morgan fingerprint density at radius 3 is 2.56 bits per heavy atom. The first-order valence-electron chi connectivity index (χ1n) is 10.6. The number of hydrogen-bond donors (Lipinski definition) is 1. The molecule has 2 aromatic heterocycles. The highest BCUT2D eigenvalue weighted by Crippen LogP contribution is 2.26. The Kier molecular flexibility index (Phi) is 5.05. The average Bonchev–Trinajstić information content (AvgIpc) is 3.27. The molecular formula is C26H23FN3O2+. The summed E-state index contributed by atoms with van der Waals surface area (Å²) in [6, 6.07) is 17.9. The second-order valence-electron chi connectivity index (χ2n) is 8.12. The summed E-state index contributed by atoms with van der Waals surface area (Å²) in [5, 5.41) is 3.34. The van der Waals surface area contributed by atoms with Crippen LogP contribution in [-0.4, -0.2) is 16.9 Å². The summed E-state index contributed by atoms with van der Waals surface area (Å²) < 4.78 is 21.9. The second kappa shape index (κ2) is 8.04. The fraction of sp³-hybridized carbons (Fsp3) is 0.192. The van der Waals surface area contributed by atoms with Gasteiger partial charge in [-0.15, -0.1) is 0 Å². The minimum absolute atomic E-state index is 0.110. The van der Waals surface area contributed by atoms with E-state index in [9.17, 15) is 9.18 Å². The van der Waals surface area contributed by atoms with Gasteiger partial charge in [-0.3, -0.25) is 5.32 Å². The fourth-order valence-electron chi connectivity index (χ4n) is 4.08. The topological polar surface area (TPSA) is 59.0 Å². The van der Waals surface area contributed by atoms with Gasteiger partial charge in [0, 0.05) is 12.0 Å². The molecule has 2 aromatic carbocycles. The molecule has 5 rings (SSSR count). The Balaban J connectivity index is 1.56. The molecule has 1 aliphatic rings. The predicted molar refractivity (Wildman–Crippen MR) is 119 cm³/mol. The van der Waals surface area contributed by atoms with Crippen LogP contribution in [-0.2, 0) is 12.8 Å². The van der Waals surface area contributed by atoms with E-state index in [1.165, 1.54) is 6.07 Å². The number of aryl methyl sites for hydroxylation is 2. The van der Waals surface area contributed by atoms with Gasteiger partial charge in [0.15, 0.2) is 0 Å². The molecule has 1 atom stereocenters. The van der Waals surface area contributed by atoms with Crippen LogP contribution in [0.2, 0.25) is 0 Å². The minimum atomic E-state index is -0.479. The van der Waals surface area contributed by atoms with Gasteiger partial charge in [-0.05, 0) is 43.2 Å². The average molecular weight is 428 g/mol. The lowest BCUT2D eigenvalue weighted by molar-refractivity contribution is -0.552. The van der Waals surface area contributed by atoms with Gasteiger partial charge >= 0.3 is 11.7 Å². The number of fused-ring (bicyclic) bond motifs is 1. The number of halogens is 1. The van der Waals surface area contributed by atoms with Crippen molar-refractivity contribution in [1.82, 2.24) is 4.98 Å². The number of benzene rings is 2. The number of anilines is 1. The Bertz CT molecular complexity index is 1290. The van der Waals surface area contributed by atoms with E-state index in [4.69, 9.17) is 9.40 Å². The maximum atomic E-state index is 14.5. The van der Waals surface area contributed by atoms with Gasteiger partial charge in [0.2, 0.25) is 6.04 Å². The van der Waals surface area contributed by atoms with Gasteiger partial charge in [0.1, 0.15) is 34.9 Å². The van der Waals surface area contributed by atoms with Crippen molar-refractivity contribution in [3.8, 4) is 11.3 Å². The molecule has 0 amide bonds. The predicted octanol–water partition coefficient (Wildman–Crippen LogP) is 4.65. The number of furan rings is 1. The number of carbonyl (C=O) groups excluding carboxylic acids is 1. The molecule has 0 spiro atoms. The highest BCUT2D eigenvalue weighted by atomic mass is 19.1. The van der Waals surface area contributed by atoms with Gasteiger partial charge in [-0.1, -0.05) is 42.5 Å². The summed E-state index contributed by atoms with van der Waals surface area (Å²) in [5.41, 5.74) is 3.61. The number of nitrogens with zero attached hydrogens (tertiary/aromatic N) is 2. The SMILES string of the molecule is Cc1cc(CC2Nc3c(Cc4ccccc4)nc(-c4ccccc4F)c[n+]3C2=O)oc1C. The zero-order chi connectivity index (χ0) is 22.2. The van der Waals surface area contributed by atoms with Crippen LogP contribution in [0.3, 0.4) is 0 Å². The fourth-order valence-corrected chi connectivity index (χ4v) is 4.08. The lowest BCUT2D eigenvalue weighted by atomic mass is 10.1. The van der Waals surface area contributed by atoms with Crippen molar-refractivity contribution < 1.29 is 18.2 Å². The molecule has 160 valence electrons. The van der Waals surface area contributed by atoms with E-state index in [0.717, 1.165) is 22.6 Å². The first-order chi connectivity index (χ1) is 15.5. The van der Waals surface area contributed by atoms with Crippen LogP contribution in [0, 0.1) is 19.7 Å². The number of rotatable bonds is 5. The van der Waals surface area contributed by atoms with Crippen LogP contribution < -0.4 is 9.88 Å². The van der Waals surface area contributed by atoms with Gasteiger partial charge < -0.3 is 4.42 Å². The van der Waals surface area contributed by atoms with Crippen LogP contribution in [0.15, 0.2) is 71.3 Å². The third kappa shape index (κ3) is 3.68. The summed E-state index contributed by atoms with van der Waals surface area (Å²) in [5.74, 6) is 1.77. The van der Waals surface area contributed by atoms with Crippen LogP contribution in [0.4, 0.5) is 10.2 Å². The van der Waals surface area contributed by atoms with Crippen molar-refractivity contribution >= 4 is 11.7 Å². The second-order valence-corrected chi connectivity index (χ2v) is 8.12.